The lowest BCUT2D eigenvalue weighted by Crippen LogP contribution is -2.15. The monoisotopic (exact) mass is 231 g/mol. The summed E-state index contributed by atoms with van der Waals surface area (Å²) >= 11 is 0. The highest BCUT2D eigenvalue weighted by atomic mass is 16.4. The summed E-state index contributed by atoms with van der Waals surface area (Å²) in [6.45, 7) is 2.61. The minimum Gasteiger partial charge on any atom is -0.409 e. The minimum atomic E-state index is 0.00324. The van der Waals surface area contributed by atoms with E-state index in [0.717, 1.165) is 11.1 Å². The van der Waals surface area contributed by atoms with Gasteiger partial charge >= 0.3 is 0 Å². The zero-order valence-corrected chi connectivity index (χ0v) is 9.41. The van der Waals surface area contributed by atoms with E-state index in [-0.39, 0.29) is 5.84 Å². The summed E-state index contributed by atoms with van der Waals surface area (Å²) in [5.41, 5.74) is 8.03. The van der Waals surface area contributed by atoms with Crippen LogP contribution in [0.5, 0.6) is 0 Å². The maximum atomic E-state index is 8.58. The summed E-state index contributed by atoms with van der Waals surface area (Å²) in [4.78, 5) is 4.01. The van der Waals surface area contributed by atoms with Crippen LogP contribution in [0, 0.1) is 6.92 Å². The number of aryl methyl sites for hydroxylation is 1. The molecule has 3 N–H and O–H groups in total. The Hall–Kier alpha value is -2.37. The van der Waals surface area contributed by atoms with Crippen LogP contribution in [0.3, 0.4) is 0 Å². The molecule has 0 radical (unpaired) electrons. The third kappa shape index (κ3) is 2.60. The number of hydrogen-bond acceptors (Lipinski definition) is 4. The van der Waals surface area contributed by atoms with Crippen LogP contribution in [0.4, 0.5) is 0 Å². The van der Waals surface area contributed by atoms with E-state index < -0.39 is 0 Å². The van der Waals surface area contributed by atoms with Crippen LogP contribution >= 0.6 is 0 Å². The van der Waals surface area contributed by atoms with Gasteiger partial charge in [-0.3, -0.25) is 9.67 Å². The summed E-state index contributed by atoms with van der Waals surface area (Å²) in [6, 6.07) is 3.64. The van der Waals surface area contributed by atoms with Crippen molar-refractivity contribution in [2.75, 3.05) is 0 Å². The Morgan fingerprint density at radius 1 is 1.59 bits per heavy atom. The molecule has 0 fully saturated rings. The van der Waals surface area contributed by atoms with Crippen LogP contribution < -0.4 is 5.73 Å². The molecule has 0 amide bonds. The Bertz CT molecular complexity index is 546. The summed E-state index contributed by atoms with van der Waals surface area (Å²) in [6.07, 6.45) is 5.37. The molecular weight excluding hydrogens is 218 g/mol. The van der Waals surface area contributed by atoms with Gasteiger partial charge in [0.25, 0.3) is 0 Å². The van der Waals surface area contributed by atoms with Crippen molar-refractivity contribution < 1.29 is 5.21 Å². The Labute approximate surface area is 98.4 Å². The molecule has 2 aromatic heterocycles. The summed E-state index contributed by atoms with van der Waals surface area (Å²) < 4.78 is 1.82. The van der Waals surface area contributed by atoms with Crippen LogP contribution in [-0.2, 0) is 6.54 Å². The first-order valence-corrected chi connectivity index (χ1v) is 5.11. The molecule has 0 bridgehead atoms. The average molecular weight is 231 g/mol. The Morgan fingerprint density at radius 3 is 3.06 bits per heavy atom. The maximum absolute atomic E-state index is 8.58. The number of nitrogens with zero attached hydrogens (tertiary/aromatic N) is 4. The predicted octanol–water partition coefficient (Wildman–Crippen LogP) is 0.729. The van der Waals surface area contributed by atoms with Crippen molar-refractivity contribution in [2.45, 2.75) is 13.5 Å². The topological polar surface area (TPSA) is 89.3 Å². The Kier molecular flexibility index (Phi) is 3.04. The lowest BCUT2D eigenvalue weighted by atomic mass is 10.2. The average Bonchev–Trinajstić information content (AvgIpc) is 2.74. The first-order chi connectivity index (χ1) is 8.19. The molecule has 6 heteroatoms. The molecule has 0 aliphatic carbocycles. The van der Waals surface area contributed by atoms with Gasteiger partial charge in [-0.1, -0.05) is 5.16 Å². The standard InChI is InChI=1S/C11H13N5O/c1-8-5-14-16(6-8)7-9-2-3-13-10(4-9)11(12)15-17/h2-6,17H,7H2,1H3,(H2,12,15). The van der Waals surface area contributed by atoms with Gasteiger partial charge in [-0.25, -0.2) is 0 Å². The second-order valence-electron chi connectivity index (χ2n) is 3.75. The van der Waals surface area contributed by atoms with Crippen molar-refractivity contribution in [3.63, 3.8) is 0 Å². The first kappa shape index (κ1) is 11.1. The molecule has 0 aromatic carbocycles. The van der Waals surface area contributed by atoms with Crippen molar-refractivity contribution in [3.8, 4) is 0 Å². The second kappa shape index (κ2) is 4.65. The van der Waals surface area contributed by atoms with Gasteiger partial charge in [0.15, 0.2) is 5.84 Å². The van der Waals surface area contributed by atoms with Crippen LogP contribution in [0.1, 0.15) is 16.8 Å². The smallest absolute Gasteiger partial charge is 0.188 e. The fourth-order valence-electron chi connectivity index (χ4n) is 1.50. The third-order valence-electron chi connectivity index (χ3n) is 2.30. The summed E-state index contributed by atoms with van der Waals surface area (Å²) in [5.74, 6) is 0.00324. The van der Waals surface area contributed by atoms with Crippen molar-refractivity contribution in [1.29, 1.82) is 0 Å². The Balaban J connectivity index is 2.22. The molecule has 2 rings (SSSR count). The predicted molar refractivity (Wildman–Crippen MR) is 62.8 cm³/mol. The molecule has 6 nitrogen and oxygen atoms in total. The normalized spacial score (nSPS) is 11.7. The van der Waals surface area contributed by atoms with Crippen LogP contribution in [0.15, 0.2) is 35.9 Å². The van der Waals surface area contributed by atoms with Crippen molar-refractivity contribution >= 4 is 5.84 Å². The molecule has 0 saturated carbocycles. The fraction of sp³-hybridized carbons (Fsp3) is 0.182. The van der Waals surface area contributed by atoms with Gasteiger partial charge in [0.2, 0.25) is 0 Å². The van der Waals surface area contributed by atoms with Gasteiger partial charge in [0.05, 0.1) is 12.7 Å². The molecule has 88 valence electrons. The molecular formula is C11H13N5O. The largest absolute Gasteiger partial charge is 0.409 e. The molecule has 0 saturated heterocycles. The fourth-order valence-corrected chi connectivity index (χ4v) is 1.50. The van der Waals surface area contributed by atoms with Crippen LogP contribution in [0.2, 0.25) is 0 Å². The third-order valence-corrected chi connectivity index (χ3v) is 2.30. The zero-order chi connectivity index (χ0) is 12.3. The van der Waals surface area contributed by atoms with E-state index in [4.69, 9.17) is 10.9 Å². The van der Waals surface area contributed by atoms with Crippen molar-refractivity contribution in [2.24, 2.45) is 10.9 Å². The molecule has 0 spiro atoms. The number of aromatic nitrogens is 3. The number of oxime groups is 1. The molecule has 2 aromatic rings. The van der Waals surface area contributed by atoms with E-state index in [1.54, 1.807) is 18.5 Å². The van der Waals surface area contributed by atoms with Gasteiger partial charge < -0.3 is 10.9 Å². The van der Waals surface area contributed by atoms with Crippen molar-refractivity contribution in [1.82, 2.24) is 14.8 Å². The minimum absolute atomic E-state index is 0.00324. The molecule has 0 atom stereocenters. The molecule has 17 heavy (non-hydrogen) atoms. The summed E-state index contributed by atoms with van der Waals surface area (Å²) in [5, 5.41) is 15.7. The molecule has 0 aliphatic rings. The number of nitrogens with two attached hydrogens (primary N) is 1. The highest BCUT2D eigenvalue weighted by Crippen LogP contribution is 2.05. The van der Waals surface area contributed by atoms with Gasteiger partial charge in [-0.05, 0) is 30.2 Å². The SMILES string of the molecule is Cc1cnn(Cc2ccnc(C(N)=NO)c2)c1. The quantitative estimate of drug-likeness (QED) is 0.352. The highest BCUT2D eigenvalue weighted by molar-refractivity contribution is 5.95. The maximum Gasteiger partial charge on any atom is 0.188 e. The van der Waals surface area contributed by atoms with E-state index in [2.05, 4.69) is 15.2 Å². The number of amidine groups is 1. The molecule has 0 aliphatic heterocycles. The second-order valence-corrected chi connectivity index (χ2v) is 3.75. The van der Waals surface area contributed by atoms with Crippen LogP contribution in [-0.4, -0.2) is 25.8 Å². The van der Waals surface area contributed by atoms with Gasteiger partial charge in [0.1, 0.15) is 5.69 Å². The number of hydrogen-bond donors (Lipinski definition) is 2. The highest BCUT2D eigenvalue weighted by Gasteiger charge is 2.03. The molecule has 0 unspecified atom stereocenters. The Morgan fingerprint density at radius 2 is 2.41 bits per heavy atom. The number of pyridine rings is 1. The van der Waals surface area contributed by atoms with E-state index in [1.165, 1.54) is 0 Å². The lowest BCUT2D eigenvalue weighted by molar-refractivity contribution is 0.318. The number of rotatable bonds is 3. The lowest BCUT2D eigenvalue weighted by Gasteiger charge is -2.03. The van der Waals surface area contributed by atoms with E-state index >= 15 is 0 Å². The van der Waals surface area contributed by atoms with Gasteiger partial charge in [0, 0.05) is 12.4 Å². The van der Waals surface area contributed by atoms with Crippen LogP contribution in [0.25, 0.3) is 0 Å². The first-order valence-electron chi connectivity index (χ1n) is 5.11. The molecule has 2 heterocycles. The van der Waals surface area contributed by atoms with E-state index in [1.807, 2.05) is 23.9 Å². The van der Waals surface area contributed by atoms with Gasteiger partial charge in [-0.15, -0.1) is 0 Å². The summed E-state index contributed by atoms with van der Waals surface area (Å²) in [7, 11) is 0. The zero-order valence-electron chi connectivity index (χ0n) is 9.41. The van der Waals surface area contributed by atoms with E-state index in [9.17, 15) is 0 Å². The van der Waals surface area contributed by atoms with Gasteiger partial charge in [-0.2, -0.15) is 5.10 Å². The van der Waals surface area contributed by atoms with E-state index in [0.29, 0.717) is 12.2 Å². The van der Waals surface area contributed by atoms with Crippen molar-refractivity contribution in [3.05, 3.63) is 47.5 Å².